The van der Waals surface area contributed by atoms with Crippen molar-refractivity contribution < 1.29 is 14.6 Å². The monoisotopic (exact) mass is 335 g/mol. The van der Waals surface area contributed by atoms with Crippen molar-refractivity contribution in [2.75, 3.05) is 7.11 Å². The first-order valence-corrected chi connectivity index (χ1v) is 7.30. The summed E-state index contributed by atoms with van der Waals surface area (Å²) in [7, 11) is 1.28. The van der Waals surface area contributed by atoms with Crippen molar-refractivity contribution in [3.8, 4) is 11.8 Å². The first-order chi connectivity index (χ1) is 12.1. The number of esters is 1. The van der Waals surface area contributed by atoms with E-state index in [2.05, 4.69) is 19.9 Å². The van der Waals surface area contributed by atoms with Crippen molar-refractivity contribution in [3.05, 3.63) is 53.9 Å². The molecule has 8 nitrogen and oxygen atoms in total. The largest absolute Gasteiger partial charge is 0.504 e. The van der Waals surface area contributed by atoms with Gasteiger partial charge >= 0.3 is 5.97 Å². The first-order valence-electron chi connectivity index (χ1n) is 7.30. The summed E-state index contributed by atoms with van der Waals surface area (Å²) in [6.07, 6.45) is 1.55. The van der Waals surface area contributed by atoms with E-state index in [1.165, 1.54) is 17.6 Å². The Morgan fingerprint density at radius 3 is 2.96 bits per heavy atom. The molecule has 0 aliphatic rings. The van der Waals surface area contributed by atoms with E-state index < -0.39 is 5.97 Å². The molecule has 1 aromatic carbocycles. The van der Waals surface area contributed by atoms with Crippen LogP contribution >= 0.6 is 0 Å². The second-order valence-electron chi connectivity index (χ2n) is 5.08. The number of pyridine rings is 1. The summed E-state index contributed by atoms with van der Waals surface area (Å²) in [6.45, 7) is 0. The van der Waals surface area contributed by atoms with E-state index in [0.717, 1.165) is 0 Å². The van der Waals surface area contributed by atoms with Gasteiger partial charge < -0.3 is 9.84 Å². The highest BCUT2D eigenvalue weighted by Gasteiger charge is 2.17. The highest BCUT2D eigenvalue weighted by molar-refractivity contribution is 5.74. The second-order valence-corrected chi connectivity index (χ2v) is 5.08. The summed E-state index contributed by atoms with van der Waals surface area (Å²) < 4.78 is 6.20. The minimum absolute atomic E-state index is 0.0402. The van der Waals surface area contributed by atoms with Gasteiger partial charge in [-0.15, -0.1) is 10.2 Å². The van der Waals surface area contributed by atoms with E-state index >= 15 is 0 Å². The zero-order chi connectivity index (χ0) is 17.8. The van der Waals surface area contributed by atoms with Gasteiger partial charge in [-0.05, 0) is 30.3 Å². The minimum Gasteiger partial charge on any atom is -0.504 e. The van der Waals surface area contributed by atoms with Gasteiger partial charge in [0, 0.05) is 6.20 Å². The van der Waals surface area contributed by atoms with E-state index in [0.29, 0.717) is 22.8 Å². The van der Waals surface area contributed by atoms with Crippen molar-refractivity contribution in [2.45, 2.75) is 6.42 Å². The van der Waals surface area contributed by atoms with Crippen molar-refractivity contribution in [1.29, 1.82) is 5.26 Å². The molecule has 25 heavy (non-hydrogen) atoms. The van der Waals surface area contributed by atoms with Crippen LogP contribution in [0.2, 0.25) is 0 Å². The van der Waals surface area contributed by atoms with Crippen LogP contribution in [0.1, 0.15) is 11.3 Å². The summed E-state index contributed by atoms with van der Waals surface area (Å²) in [6, 6.07) is 11.8. The molecule has 2 heterocycles. The quantitative estimate of drug-likeness (QED) is 0.581. The number of hydrogen-bond acceptors (Lipinski definition) is 7. The number of nitriles is 1. The van der Waals surface area contributed by atoms with Crippen LogP contribution < -0.4 is 0 Å². The van der Waals surface area contributed by atoms with E-state index in [1.54, 1.807) is 36.5 Å². The van der Waals surface area contributed by atoms with Crippen LogP contribution in [0, 0.1) is 11.3 Å². The topological polar surface area (TPSA) is 112 Å². The Labute approximate surface area is 142 Å². The maximum atomic E-state index is 11.6. The van der Waals surface area contributed by atoms with Crippen LogP contribution in [0.4, 0.5) is 11.5 Å². The van der Waals surface area contributed by atoms with Crippen LogP contribution in [-0.4, -0.2) is 27.6 Å². The molecule has 3 aromatic rings. The highest BCUT2D eigenvalue weighted by Crippen LogP contribution is 2.28. The van der Waals surface area contributed by atoms with Crippen molar-refractivity contribution >= 4 is 23.1 Å². The molecule has 0 bridgehead atoms. The standard InChI is InChI=1S/C17H13N5O3/c1-25-15(24)9-13-16(22-7-3-6-14(23)17(22)19-13)21-20-12-5-2-4-11(8-12)10-18/h2-8,23H,9H2,1H3. The third kappa shape index (κ3) is 3.30. The summed E-state index contributed by atoms with van der Waals surface area (Å²) in [5.41, 5.74) is 1.54. The average Bonchev–Trinajstić information content (AvgIpc) is 2.98. The van der Waals surface area contributed by atoms with Crippen LogP contribution in [0.15, 0.2) is 52.8 Å². The fourth-order valence-corrected chi connectivity index (χ4v) is 2.26. The second kappa shape index (κ2) is 6.80. The average molecular weight is 335 g/mol. The molecule has 3 rings (SSSR count). The van der Waals surface area contributed by atoms with Crippen LogP contribution in [0.5, 0.6) is 5.75 Å². The number of azo groups is 1. The lowest BCUT2D eigenvalue weighted by Crippen LogP contribution is -2.04. The van der Waals surface area contributed by atoms with Gasteiger partial charge in [-0.2, -0.15) is 5.26 Å². The SMILES string of the molecule is COC(=O)Cc1nc2c(O)cccn2c1N=Nc1cccc(C#N)c1. The molecule has 0 aliphatic heterocycles. The molecule has 0 aliphatic carbocycles. The summed E-state index contributed by atoms with van der Waals surface area (Å²) >= 11 is 0. The molecule has 0 saturated carbocycles. The lowest BCUT2D eigenvalue weighted by atomic mass is 10.2. The number of carbonyl (C=O) groups excluding carboxylic acids is 1. The zero-order valence-corrected chi connectivity index (χ0v) is 13.2. The third-order valence-electron chi connectivity index (χ3n) is 3.45. The number of carbonyl (C=O) groups is 1. The van der Waals surface area contributed by atoms with Crippen LogP contribution in [0.25, 0.3) is 5.65 Å². The lowest BCUT2D eigenvalue weighted by molar-refractivity contribution is -0.139. The molecule has 0 unspecified atom stereocenters. The molecule has 0 fully saturated rings. The molecule has 0 saturated heterocycles. The van der Waals surface area contributed by atoms with Gasteiger partial charge in [0.2, 0.25) is 0 Å². The smallest absolute Gasteiger partial charge is 0.311 e. The van der Waals surface area contributed by atoms with Gasteiger partial charge in [0.15, 0.2) is 17.2 Å². The van der Waals surface area contributed by atoms with Gasteiger partial charge in [-0.1, -0.05) is 6.07 Å². The Balaban J connectivity index is 2.08. The molecule has 0 atom stereocenters. The maximum Gasteiger partial charge on any atom is 0.311 e. The number of aromatic hydroxyl groups is 1. The number of rotatable bonds is 4. The molecule has 0 spiro atoms. The molecule has 1 N–H and O–H groups in total. The first kappa shape index (κ1) is 16.1. The van der Waals surface area contributed by atoms with E-state index in [4.69, 9.17) is 5.26 Å². The van der Waals surface area contributed by atoms with Gasteiger partial charge in [0.25, 0.3) is 0 Å². The molecule has 0 radical (unpaired) electrons. The Bertz CT molecular complexity index is 1020. The number of fused-ring (bicyclic) bond motifs is 1. The number of aromatic nitrogens is 2. The predicted molar refractivity (Wildman–Crippen MR) is 87.9 cm³/mol. The predicted octanol–water partition coefficient (Wildman–Crippen LogP) is 3.04. The number of hydrogen-bond donors (Lipinski definition) is 1. The van der Waals surface area contributed by atoms with E-state index in [9.17, 15) is 9.90 Å². The molecular weight excluding hydrogens is 322 g/mol. The summed E-state index contributed by atoms with van der Waals surface area (Å²) in [5, 5.41) is 27.2. The van der Waals surface area contributed by atoms with E-state index in [1.807, 2.05) is 6.07 Å². The fraction of sp³-hybridized carbons (Fsp3) is 0.118. The maximum absolute atomic E-state index is 11.6. The van der Waals surface area contributed by atoms with Gasteiger partial charge in [-0.3, -0.25) is 9.20 Å². The molecule has 8 heteroatoms. The molecule has 2 aromatic heterocycles. The van der Waals surface area contributed by atoms with Crippen molar-refractivity contribution in [2.24, 2.45) is 10.2 Å². The third-order valence-corrected chi connectivity index (χ3v) is 3.45. The summed E-state index contributed by atoms with van der Waals surface area (Å²) in [4.78, 5) is 15.9. The molecular formula is C17H13N5O3. The van der Waals surface area contributed by atoms with Crippen molar-refractivity contribution in [1.82, 2.24) is 9.38 Å². The Hall–Kier alpha value is -3.73. The van der Waals surface area contributed by atoms with E-state index in [-0.39, 0.29) is 17.8 Å². The summed E-state index contributed by atoms with van der Waals surface area (Å²) in [5.74, 6) is -0.217. The highest BCUT2D eigenvalue weighted by atomic mass is 16.5. The minimum atomic E-state index is -0.481. The van der Waals surface area contributed by atoms with Gasteiger partial charge in [0.05, 0.1) is 36.5 Å². The molecule has 124 valence electrons. The number of benzene rings is 1. The number of imidazole rings is 1. The fourth-order valence-electron chi connectivity index (χ4n) is 2.26. The Kier molecular flexibility index (Phi) is 4.39. The zero-order valence-electron chi connectivity index (χ0n) is 13.2. The van der Waals surface area contributed by atoms with Crippen molar-refractivity contribution in [3.63, 3.8) is 0 Å². The number of methoxy groups -OCH3 is 1. The van der Waals surface area contributed by atoms with Gasteiger partial charge in [0.1, 0.15) is 0 Å². The molecule has 0 amide bonds. The van der Waals surface area contributed by atoms with Gasteiger partial charge in [-0.25, -0.2) is 4.98 Å². The normalized spacial score (nSPS) is 10.9. The Morgan fingerprint density at radius 2 is 2.20 bits per heavy atom. The Morgan fingerprint density at radius 1 is 1.36 bits per heavy atom. The number of ether oxygens (including phenoxy) is 1. The number of nitrogens with zero attached hydrogens (tertiary/aromatic N) is 5. The van der Waals surface area contributed by atoms with Crippen LogP contribution in [-0.2, 0) is 16.0 Å². The lowest BCUT2D eigenvalue weighted by Gasteiger charge is -1.99. The van der Waals surface area contributed by atoms with Crippen LogP contribution in [0.3, 0.4) is 0 Å².